The van der Waals surface area contributed by atoms with Gasteiger partial charge in [0.2, 0.25) is 0 Å². The highest BCUT2D eigenvalue weighted by Crippen LogP contribution is 2.39. The minimum atomic E-state index is -0.450. The lowest BCUT2D eigenvalue weighted by Crippen LogP contribution is -2.25. The second-order valence-electron chi connectivity index (χ2n) is 21.2. The van der Waals surface area contributed by atoms with Crippen molar-refractivity contribution in [1.82, 2.24) is 18.9 Å². The van der Waals surface area contributed by atoms with Gasteiger partial charge in [-0.05, 0) is 188 Å². The molecule has 15 nitrogen and oxygen atoms in total. The highest BCUT2D eigenvalue weighted by Gasteiger charge is 2.23. The normalized spacial score (nSPS) is 13.3. The molecular weight excluding hydrogens is 1070 g/mol. The van der Waals surface area contributed by atoms with Crippen molar-refractivity contribution in [2.75, 3.05) is 95.1 Å². The van der Waals surface area contributed by atoms with Crippen LogP contribution < -0.4 is 23.7 Å². The number of fused-ring (bicyclic) bond motifs is 2. The van der Waals surface area contributed by atoms with E-state index in [9.17, 15) is 14.4 Å². The molecule has 2 fully saturated rings. The Morgan fingerprint density at radius 2 is 0.871 bits per heavy atom. The van der Waals surface area contributed by atoms with E-state index in [4.69, 9.17) is 37.9 Å². The molecule has 0 atom stereocenters. The van der Waals surface area contributed by atoms with Crippen molar-refractivity contribution in [2.45, 2.75) is 45.2 Å². The number of aromatic nitrogens is 2. The molecule has 7 aromatic carbocycles. The molecule has 15 heteroatoms. The van der Waals surface area contributed by atoms with E-state index in [0.717, 1.165) is 98.9 Å². The van der Waals surface area contributed by atoms with E-state index >= 15 is 0 Å². The Morgan fingerprint density at radius 3 is 1.36 bits per heavy atom. The average molecular weight is 1150 g/mol. The van der Waals surface area contributed by atoms with Crippen molar-refractivity contribution in [3.05, 3.63) is 197 Å². The fraction of sp³-hybridized carbons (Fsp3) is 0.300. The fourth-order valence-electron chi connectivity index (χ4n) is 11.6. The summed E-state index contributed by atoms with van der Waals surface area (Å²) in [6, 6.07) is 52.4. The first-order chi connectivity index (χ1) is 41.6. The lowest BCUT2D eigenvalue weighted by Gasteiger charge is -2.17. The highest BCUT2D eigenvalue weighted by atomic mass is 16.5. The van der Waals surface area contributed by atoms with Gasteiger partial charge in [-0.25, -0.2) is 14.4 Å². The van der Waals surface area contributed by atoms with Gasteiger partial charge in [-0.2, -0.15) is 0 Å². The molecule has 0 unspecified atom stereocenters. The molecule has 2 aliphatic rings. The summed E-state index contributed by atoms with van der Waals surface area (Å²) in [5, 5.41) is 2.29. The largest absolute Gasteiger partial charge is 0.496 e. The Morgan fingerprint density at radius 1 is 0.435 bits per heavy atom. The Kier molecular flexibility index (Phi) is 19.5. The third kappa shape index (κ3) is 13.8. The summed E-state index contributed by atoms with van der Waals surface area (Å²) in [6.45, 7) is 9.08. The first kappa shape index (κ1) is 59.1. The molecule has 2 aromatic heterocycles. The molecule has 0 bridgehead atoms. The predicted octanol–water partition coefficient (Wildman–Crippen LogP) is 12.6. The lowest BCUT2D eigenvalue weighted by atomic mass is 9.97. The van der Waals surface area contributed by atoms with Gasteiger partial charge in [-0.15, -0.1) is 0 Å². The second kappa shape index (κ2) is 28.0. The molecule has 0 spiro atoms. The first-order valence-corrected chi connectivity index (χ1v) is 28.9. The number of nitrogens with zero attached hydrogens (tertiary/aromatic N) is 4. The van der Waals surface area contributed by atoms with Crippen molar-refractivity contribution in [3.8, 4) is 51.3 Å². The monoisotopic (exact) mass is 1150 g/mol. The number of para-hydroxylation sites is 2. The number of hydrogen-bond acceptors (Lipinski definition) is 13. The third-order valence-electron chi connectivity index (χ3n) is 16.0. The van der Waals surface area contributed by atoms with Gasteiger partial charge < -0.3 is 47.0 Å². The van der Waals surface area contributed by atoms with Gasteiger partial charge in [0.15, 0.2) is 0 Å². The van der Waals surface area contributed by atoms with E-state index in [1.54, 1.807) is 39.5 Å². The molecular formula is C70H74N4O11. The molecule has 85 heavy (non-hydrogen) atoms. The maximum Gasteiger partial charge on any atom is 0.341 e. The molecule has 4 heterocycles. The van der Waals surface area contributed by atoms with Crippen LogP contribution in [0.3, 0.4) is 0 Å². The van der Waals surface area contributed by atoms with Gasteiger partial charge in [0, 0.05) is 60.1 Å². The van der Waals surface area contributed by atoms with Crippen molar-refractivity contribution in [1.29, 1.82) is 0 Å². The number of carbonyl (C=O) groups excluding carboxylic acids is 3. The summed E-state index contributed by atoms with van der Waals surface area (Å²) in [4.78, 5) is 41.7. The van der Waals surface area contributed by atoms with Gasteiger partial charge >= 0.3 is 17.9 Å². The van der Waals surface area contributed by atoms with Crippen LogP contribution in [0, 0.1) is 0 Å². The van der Waals surface area contributed by atoms with Gasteiger partial charge in [0.1, 0.15) is 58.7 Å². The van der Waals surface area contributed by atoms with E-state index in [-0.39, 0.29) is 0 Å². The van der Waals surface area contributed by atoms with E-state index in [2.05, 4.69) is 97.8 Å². The average Bonchev–Trinajstić information content (AvgIpc) is 2.58. The Labute approximate surface area is 497 Å². The topological polar surface area (TPSA) is 141 Å². The molecule has 0 radical (unpaired) electrons. The minimum absolute atomic E-state index is 0.372. The Bertz CT molecular complexity index is 3660. The number of rotatable bonds is 22. The van der Waals surface area contributed by atoms with Crippen molar-refractivity contribution in [2.24, 2.45) is 0 Å². The van der Waals surface area contributed by atoms with E-state index < -0.39 is 17.9 Å². The second-order valence-corrected chi connectivity index (χ2v) is 21.2. The number of likely N-dealkylation sites (tertiary alicyclic amines) is 2. The third-order valence-corrected chi connectivity index (χ3v) is 16.0. The van der Waals surface area contributed by atoms with Gasteiger partial charge in [0.05, 0.1) is 48.4 Å². The summed E-state index contributed by atoms with van der Waals surface area (Å²) in [5.41, 5.74) is 11.8. The number of methoxy groups -OCH3 is 6. The maximum atomic E-state index is 12.4. The standard InChI is InChI=1S/C40H42N2O7.C30H32N2O4/c1-45-36-24-27(11-17-32(36)39(43)47-3)23-34-31-9-5-6-10-35(31)42(26-28-12-18-33(40(44)48-4)37(25-28)46-2)38(34)29-13-15-30(16-14-29)49-22-21-41-19-7-8-20-41;1-34-29-19-22(9-14-26(29)30(33)35-2)21-32-27-8-4-3-7-24(27)20-28(32)23-10-12-25(13-11-23)36-18-17-31-15-5-6-16-31/h5-6,9-18,24-25H,7-8,19-23,26H2,1-4H3;3-4,7-14,19-20H,5-6,15-18,21H2,1-2H3. The Hall–Kier alpha value is -9.05. The number of benzene rings is 7. The number of esters is 3. The summed E-state index contributed by atoms with van der Waals surface area (Å²) < 4.78 is 48.2. The van der Waals surface area contributed by atoms with Crippen LogP contribution in [0.15, 0.2) is 158 Å². The zero-order valence-corrected chi connectivity index (χ0v) is 49.4. The quantitative estimate of drug-likeness (QED) is 0.0470. The van der Waals surface area contributed by atoms with Crippen molar-refractivity contribution < 1.29 is 52.3 Å². The SMILES string of the molecule is COC(=O)c1ccc(Cc2c(-c3ccc(OCCN4CCCC4)cc3)n(Cc3ccc(C(=O)OC)c(OC)c3)c3ccccc23)cc1OC.COC(=O)c1ccc(Cn2c(-c3ccc(OCCN4CCCC4)cc3)cc3ccccc32)cc1OC. The number of carbonyl (C=O) groups is 3. The molecule has 9 aromatic rings. The summed E-state index contributed by atoms with van der Waals surface area (Å²) in [5.74, 6) is 1.84. The molecule has 0 amide bonds. The van der Waals surface area contributed by atoms with E-state index in [0.29, 0.717) is 66.7 Å². The van der Waals surface area contributed by atoms with Crippen LogP contribution in [-0.2, 0) is 33.7 Å². The van der Waals surface area contributed by atoms with Crippen LogP contribution >= 0.6 is 0 Å². The van der Waals surface area contributed by atoms with Gasteiger partial charge in [-0.3, -0.25) is 9.80 Å². The number of ether oxygens (including phenoxy) is 8. The molecule has 0 saturated carbocycles. The van der Waals surface area contributed by atoms with Gasteiger partial charge in [0.25, 0.3) is 0 Å². The van der Waals surface area contributed by atoms with Crippen LogP contribution in [-0.4, -0.2) is 132 Å². The Balaban J connectivity index is 0.000000198. The molecule has 0 N–H and O–H groups in total. The van der Waals surface area contributed by atoms with Crippen LogP contribution in [0.25, 0.3) is 44.3 Å². The molecule has 0 aliphatic carbocycles. The minimum Gasteiger partial charge on any atom is -0.496 e. The van der Waals surface area contributed by atoms with E-state index in [1.807, 2.05) is 60.7 Å². The van der Waals surface area contributed by atoms with Gasteiger partial charge in [-0.1, -0.05) is 54.6 Å². The van der Waals surface area contributed by atoms with Crippen LogP contribution in [0.2, 0.25) is 0 Å². The summed E-state index contributed by atoms with van der Waals surface area (Å²) in [7, 11) is 8.76. The highest BCUT2D eigenvalue weighted by molar-refractivity contribution is 5.95. The zero-order valence-electron chi connectivity index (χ0n) is 49.4. The van der Waals surface area contributed by atoms with Crippen LogP contribution in [0.4, 0.5) is 0 Å². The summed E-state index contributed by atoms with van der Waals surface area (Å²) in [6.07, 6.45) is 5.69. The predicted molar refractivity (Wildman–Crippen MR) is 331 cm³/mol. The first-order valence-electron chi connectivity index (χ1n) is 28.9. The van der Waals surface area contributed by atoms with E-state index in [1.165, 1.54) is 65.5 Å². The summed E-state index contributed by atoms with van der Waals surface area (Å²) >= 11 is 0. The molecule has 2 aliphatic heterocycles. The number of hydrogen-bond donors (Lipinski definition) is 0. The van der Waals surface area contributed by atoms with Crippen LogP contribution in [0.5, 0.6) is 28.7 Å². The van der Waals surface area contributed by atoms with Crippen molar-refractivity contribution >= 4 is 39.7 Å². The lowest BCUT2D eigenvalue weighted by molar-refractivity contribution is 0.0588. The fourth-order valence-corrected chi connectivity index (χ4v) is 11.6. The van der Waals surface area contributed by atoms with Crippen molar-refractivity contribution in [3.63, 3.8) is 0 Å². The maximum absolute atomic E-state index is 12.4. The molecule has 440 valence electrons. The smallest absolute Gasteiger partial charge is 0.341 e. The van der Waals surface area contributed by atoms with Crippen LogP contribution in [0.1, 0.15) is 79.0 Å². The molecule has 11 rings (SSSR count). The molecule has 2 saturated heterocycles. The zero-order chi connectivity index (χ0) is 59.2.